The first-order chi connectivity index (χ1) is 18.4. The highest BCUT2D eigenvalue weighted by atomic mass is 16.7. The molecule has 4 nitrogen and oxygen atoms in total. The molecule has 2 heterocycles. The summed E-state index contributed by atoms with van der Waals surface area (Å²) < 4.78 is 25.4. The van der Waals surface area contributed by atoms with Crippen molar-refractivity contribution >= 4 is 25.2 Å². The summed E-state index contributed by atoms with van der Waals surface area (Å²) in [7, 11) is -0.684. The lowest BCUT2D eigenvalue weighted by Gasteiger charge is -2.45. The average molecular weight is 544 g/mol. The van der Waals surface area contributed by atoms with E-state index in [1.54, 1.807) is 0 Å². The van der Waals surface area contributed by atoms with Gasteiger partial charge in [-0.25, -0.2) is 0 Å². The average Bonchev–Trinajstić information content (AvgIpc) is 3.23. The van der Waals surface area contributed by atoms with Crippen LogP contribution in [0.4, 0.5) is 0 Å². The first-order valence-corrected chi connectivity index (χ1v) is 15.3. The van der Waals surface area contributed by atoms with Gasteiger partial charge in [-0.15, -0.1) is 0 Å². The van der Waals surface area contributed by atoms with Crippen LogP contribution in [0.15, 0.2) is 48.5 Å². The standard InChI is InChI=1S/C34H50B2O4/c1-29(2,3)24-20-22-34(23-21-24,25-12-16-27(17-13-25)35-37-30(4,5)31(6,7)38-35)26-14-18-28(19-15-26)36-39-32(8,9)33(10,11)40-36/h12-19,24H,20-23H2,1-11H3. The normalized spacial score (nSPS) is 25.4. The van der Waals surface area contributed by atoms with Crippen LogP contribution < -0.4 is 10.9 Å². The number of rotatable bonds is 4. The smallest absolute Gasteiger partial charge is 0.399 e. The van der Waals surface area contributed by atoms with Crippen molar-refractivity contribution in [3.05, 3.63) is 59.7 Å². The molecule has 0 spiro atoms. The second-order valence-corrected chi connectivity index (χ2v) is 15.6. The van der Waals surface area contributed by atoms with E-state index in [9.17, 15) is 0 Å². The van der Waals surface area contributed by atoms with Crippen LogP contribution in [0.3, 0.4) is 0 Å². The maximum Gasteiger partial charge on any atom is 0.494 e. The van der Waals surface area contributed by atoms with Crippen LogP contribution in [-0.2, 0) is 24.0 Å². The van der Waals surface area contributed by atoms with Gasteiger partial charge in [0, 0.05) is 5.41 Å². The molecule has 2 saturated heterocycles. The van der Waals surface area contributed by atoms with E-state index in [0.29, 0.717) is 5.41 Å². The fourth-order valence-corrected chi connectivity index (χ4v) is 6.60. The van der Waals surface area contributed by atoms with Crippen molar-refractivity contribution in [2.24, 2.45) is 11.3 Å². The minimum absolute atomic E-state index is 0.0231. The molecule has 1 saturated carbocycles. The van der Waals surface area contributed by atoms with Crippen molar-refractivity contribution in [1.29, 1.82) is 0 Å². The van der Waals surface area contributed by atoms with Crippen molar-refractivity contribution < 1.29 is 18.6 Å². The predicted octanol–water partition coefficient (Wildman–Crippen LogP) is 6.81. The molecule has 0 radical (unpaired) electrons. The highest BCUT2D eigenvalue weighted by molar-refractivity contribution is 6.62. The van der Waals surface area contributed by atoms with E-state index in [0.717, 1.165) is 29.7 Å². The number of hydrogen-bond donors (Lipinski definition) is 0. The third kappa shape index (κ3) is 5.12. The Hall–Kier alpha value is -1.59. The summed E-state index contributed by atoms with van der Waals surface area (Å²) in [5.74, 6) is 0.730. The Morgan fingerprint density at radius 3 is 1.12 bits per heavy atom. The quantitative estimate of drug-likeness (QED) is 0.397. The Bertz CT molecular complexity index is 1090. The zero-order valence-electron chi connectivity index (χ0n) is 26.8. The van der Waals surface area contributed by atoms with E-state index in [1.807, 2.05) is 0 Å². The molecule has 216 valence electrons. The summed E-state index contributed by atoms with van der Waals surface area (Å²) in [5, 5.41) is 0. The van der Waals surface area contributed by atoms with Gasteiger partial charge in [0.25, 0.3) is 0 Å². The molecule has 5 rings (SSSR count). The van der Waals surface area contributed by atoms with Gasteiger partial charge in [-0.1, -0.05) is 69.3 Å². The van der Waals surface area contributed by atoms with Gasteiger partial charge < -0.3 is 18.6 Å². The van der Waals surface area contributed by atoms with Gasteiger partial charge in [0.05, 0.1) is 22.4 Å². The fraction of sp³-hybridized carbons (Fsp3) is 0.647. The molecule has 3 aliphatic rings. The molecule has 0 aromatic heterocycles. The minimum Gasteiger partial charge on any atom is -0.399 e. The molecule has 0 N–H and O–H groups in total. The summed E-state index contributed by atoms with van der Waals surface area (Å²) in [5.41, 5.74) is 3.84. The number of hydrogen-bond acceptors (Lipinski definition) is 4. The van der Waals surface area contributed by atoms with Crippen LogP contribution in [0.5, 0.6) is 0 Å². The molecule has 0 unspecified atom stereocenters. The highest BCUT2D eigenvalue weighted by Gasteiger charge is 2.53. The zero-order valence-corrected chi connectivity index (χ0v) is 26.8. The van der Waals surface area contributed by atoms with Gasteiger partial charge in [-0.2, -0.15) is 0 Å². The molecule has 0 amide bonds. The maximum atomic E-state index is 6.34. The summed E-state index contributed by atoms with van der Waals surface area (Å²) in [4.78, 5) is 0. The topological polar surface area (TPSA) is 36.9 Å². The van der Waals surface area contributed by atoms with Crippen LogP contribution in [0.1, 0.15) is 113 Å². The Labute approximate surface area is 244 Å². The lowest BCUT2D eigenvalue weighted by molar-refractivity contribution is 0.00578. The Balaban J connectivity index is 1.44. The molecule has 40 heavy (non-hydrogen) atoms. The van der Waals surface area contributed by atoms with Crippen LogP contribution >= 0.6 is 0 Å². The molecular formula is C34H50B2O4. The molecule has 2 aliphatic heterocycles. The SMILES string of the molecule is CC(C)(C)C1CCC(c2ccc(B3OC(C)(C)C(C)(C)O3)cc2)(c2ccc(B3OC(C)(C)C(C)(C)O3)cc2)CC1. The monoisotopic (exact) mass is 544 g/mol. The van der Waals surface area contributed by atoms with E-state index in [-0.39, 0.29) is 42.1 Å². The van der Waals surface area contributed by atoms with E-state index in [2.05, 4.69) is 125 Å². The molecule has 1 aliphatic carbocycles. The first-order valence-electron chi connectivity index (χ1n) is 15.3. The first kappa shape index (κ1) is 29.9. The fourth-order valence-electron chi connectivity index (χ4n) is 6.60. The van der Waals surface area contributed by atoms with Gasteiger partial charge in [0.1, 0.15) is 0 Å². The molecule has 0 bridgehead atoms. The second kappa shape index (κ2) is 9.73. The van der Waals surface area contributed by atoms with Crippen LogP contribution in [0.25, 0.3) is 0 Å². The Morgan fingerprint density at radius 1 is 0.550 bits per heavy atom. The molecule has 2 aromatic rings. The highest BCUT2D eigenvalue weighted by Crippen LogP contribution is 2.50. The van der Waals surface area contributed by atoms with Crippen molar-refractivity contribution in [1.82, 2.24) is 0 Å². The van der Waals surface area contributed by atoms with Gasteiger partial charge in [0.2, 0.25) is 0 Å². The van der Waals surface area contributed by atoms with Gasteiger partial charge in [-0.3, -0.25) is 0 Å². The van der Waals surface area contributed by atoms with Crippen LogP contribution in [0.2, 0.25) is 0 Å². The van der Waals surface area contributed by atoms with E-state index in [4.69, 9.17) is 18.6 Å². The van der Waals surface area contributed by atoms with Gasteiger partial charge in [0.15, 0.2) is 0 Å². The molecule has 0 atom stereocenters. The molecular weight excluding hydrogens is 494 g/mol. The Morgan fingerprint density at radius 2 is 0.850 bits per heavy atom. The maximum absolute atomic E-state index is 6.34. The molecule has 2 aromatic carbocycles. The van der Waals surface area contributed by atoms with Crippen LogP contribution in [0, 0.1) is 11.3 Å². The number of benzene rings is 2. The van der Waals surface area contributed by atoms with E-state index < -0.39 is 0 Å². The molecule has 3 fully saturated rings. The lowest BCUT2D eigenvalue weighted by Crippen LogP contribution is -2.41. The third-order valence-corrected chi connectivity index (χ3v) is 11.0. The molecule has 6 heteroatoms. The summed E-state index contributed by atoms with van der Waals surface area (Å²) >= 11 is 0. The van der Waals surface area contributed by atoms with Crippen molar-refractivity contribution in [3.63, 3.8) is 0 Å². The van der Waals surface area contributed by atoms with Crippen molar-refractivity contribution in [2.75, 3.05) is 0 Å². The summed E-state index contributed by atoms with van der Waals surface area (Å²) in [6, 6.07) is 18.1. The largest absolute Gasteiger partial charge is 0.494 e. The van der Waals surface area contributed by atoms with Crippen LogP contribution in [-0.4, -0.2) is 36.6 Å². The minimum atomic E-state index is -0.345. The third-order valence-electron chi connectivity index (χ3n) is 11.0. The predicted molar refractivity (Wildman–Crippen MR) is 167 cm³/mol. The summed E-state index contributed by atoms with van der Waals surface area (Å²) in [6.07, 6.45) is 4.73. The van der Waals surface area contributed by atoms with Gasteiger partial charge in [-0.05, 0) is 114 Å². The van der Waals surface area contributed by atoms with Crippen molar-refractivity contribution in [2.45, 2.75) is 130 Å². The summed E-state index contributed by atoms with van der Waals surface area (Å²) in [6.45, 7) is 24.0. The van der Waals surface area contributed by atoms with Crippen molar-refractivity contribution in [3.8, 4) is 0 Å². The zero-order chi connectivity index (χ0) is 29.4. The van der Waals surface area contributed by atoms with E-state index in [1.165, 1.54) is 24.0 Å². The van der Waals surface area contributed by atoms with Gasteiger partial charge >= 0.3 is 14.2 Å². The lowest BCUT2D eigenvalue weighted by atomic mass is 9.59. The second-order valence-electron chi connectivity index (χ2n) is 15.6. The van der Waals surface area contributed by atoms with E-state index >= 15 is 0 Å². The Kier molecular flexibility index (Phi) is 7.27.